The zero-order chi connectivity index (χ0) is 33.4. The van der Waals surface area contributed by atoms with Gasteiger partial charge in [-0.25, -0.2) is 4.79 Å². The summed E-state index contributed by atoms with van der Waals surface area (Å²) in [7, 11) is 0. The normalized spacial score (nSPS) is 23.3. The SMILES string of the molecule is CC/C=C(/NC(C1CC1)[C@@H]1CCC(C)(C)C(C[C@H](O)CCCc2c(C)c(O)cc(O)c2C(=O)O)N1)[C@@H](O)CCC1=CCC=CC=C1. The molecule has 46 heavy (non-hydrogen) atoms. The highest BCUT2D eigenvalue weighted by molar-refractivity contribution is 5.93. The molecule has 7 N–H and O–H groups in total. The Morgan fingerprint density at radius 1 is 1.11 bits per heavy atom. The Morgan fingerprint density at radius 2 is 1.87 bits per heavy atom. The van der Waals surface area contributed by atoms with E-state index in [9.17, 15) is 30.3 Å². The van der Waals surface area contributed by atoms with Gasteiger partial charge in [-0.3, -0.25) is 0 Å². The molecule has 8 nitrogen and oxygen atoms in total. The lowest BCUT2D eigenvalue weighted by Crippen LogP contribution is -2.60. The number of carboxylic acids is 1. The number of phenolic OH excluding ortho intramolecular Hbond substituents is 1. The van der Waals surface area contributed by atoms with Crippen LogP contribution in [0.25, 0.3) is 0 Å². The van der Waals surface area contributed by atoms with Crippen molar-refractivity contribution < 1.29 is 30.3 Å². The van der Waals surface area contributed by atoms with Crippen LogP contribution in [0.4, 0.5) is 0 Å². The van der Waals surface area contributed by atoms with Crippen molar-refractivity contribution in [2.75, 3.05) is 0 Å². The highest BCUT2D eigenvalue weighted by Crippen LogP contribution is 2.41. The minimum Gasteiger partial charge on any atom is -0.508 e. The van der Waals surface area contributed by atoms with Gasteiger partial charge in [-0.1, -0.05) is 62.8 Å². The van der Waals surface area contributed by atoms with Gasteiger partial charge in [0, 0.05) is 29.9 Å². The molecule has 3 aliphatic rings. The number of rotatable bonds is 16. The Bertz CT molecular complexity index is 1320. The van der Waals surface area contributed by atoms with Gasteiger partial charge in [-0.15, -0.1) is 0 Å². The number of aliphatic hydroxyl groups excluding tert-OH is 2. The van der Waals surface area contributed by atoms with Crippen molar-refractivity contribution in [1.29, 1.82) is 0 Å². The lowest BCUT2D eigenvalue weighted by atomic mass is 9.72. The number of piperidine rings is 1. The Balaban J connectivity index is 1.37. The molecule has 1 heterocycles. The fourth-order valence-electron chi connectivity index (χ4n) is 7.18. The van der Waals surface area contributed by atoms with Crippen LogP contribution >= 0.6 is 0 Å². The zero-order valence-corrected chi connectivity index (χ0v) is 28.1. The van der Waals surface area contributed by atoms with E-state index in [4.69, 9.17) is 0 Å². The standard InChI is InChI=1S/C38H56N2O6/c1-5-11-29(31(42)19-16-25-12-8-6-7-9-13-25)40-36(26-17-18-26)30-20-21-38(3,4)34(39-30)22-27(41)14-10-15-28-24(2)32(43)23-33(44)35(28)37(45)46/h6-8,11-13,23,26-27,30-31,34,36,39-44H,5,9-10,14-22H2,1-4H3,(H,45,46)/b29-11+/t27-,30+,31+,34?,36?/m1/s1. The Labute approximate surface area is 275 Å². The van der Waals surface area contributed by atoms with E-state index < -0.39 is 23.9 Å². The first-order valence-corrected chi connectivity index (χ1v) is 17.3. The van der Waals surface area contributed by atoms with Crippen LogP contribution in [0.5, 0.6) is 11.5 Å². The maximum Gasteiger partial charge on any atom is 0.339 e. The highest BCUT2D eigenvalue weighted by Gasteiger charge is 2.44. The summed E-state index contributed by atoms with van der Waals surface area (Å²) in [5.74, 6) is -1.25. The lowest BCUT2D eigenvalue weighted by Gasteiger charge is -2.47. The molecular weight excluding hydrogens is 580 g/mol. The molecule has 1 aliphatic heterocycles. The minimum atomic E-state index is -1.23. The summed E-state index contributed by atoms with van der Waals surface area (Å²) < 4.78 is 0. The van der Waals surface area contributed by atoms with Crippen LogP contribution in [0.1, 0.15) is 113 Å². The average Bonchev–Trinajstić information content (AvgIpc) is 3.86. The number of aromatic hydroxyl groups is 2. The van der Waals surface area contributed by atoms with Gasteiger partial charge in [0.15, 0.2) is 0 Å². The van der Waals surface area contributed by atoms with Crippen LogP contribution in [0.2, 0.25) is 0 Å². The van der Waals surface area contributed by atoms with Gasteiger partial charge in [0.05, 0.1) is 12.2 Å². The number of aromatic carboxylic acids is 1. The molecule has 1 saturated heterocycles. The smallest absolute Gasteiger partial charge is 0.339 e. The van der Waals surface area contributed by atoms with Crippen molar-refractivity contribution in [3.63, 3.8) is 0 Å². The fourth-order valence-corrected chi connectivity index (χ4v) is 7.18. The third-order valence-corrected chi connectivity index (χ3v) is 10.3. The van der Waals surface area contributed by atoms with Gasteiger partial charge in [0.2, 0.25) is 0 Å². The molecule has 2 aliphatic carbocycles. The van der Waals surface area contributed by atoms with Gasteiger partial charge >= 0.3 is 5.97 Å². The van der Waals surface area contributed by atoms with Crippen molar-refractivity contribution in [2.45, 2.75) is 135 Å². The maximum absolute atomic E-state index is 11.8. The van der Waals surface area contributed by atoms with Gasteiger partial charge in [-0.05, 0) is 106 Å². The molecule has 0 aromatic heterocycles. The number of carboxylic acid groups (broad SMARTS) is 1. The van der Waals surface area contributed by atoms with Crippen molar-refractivity contribution in [2.24, 2.45) is 11.3 Å². The van der Waals surface area contributed by atoms with Gasteiger partial charge in [-0.2, -0.15) is 0 Å². The third kappa shape index (κ3) is 9.49. The van der Waals surface area contributed by atoms with Crippen LogP contribution < -0.4 is 10.6 Å². The first-order valence-electron chi connectivity index (χ1n) is 17.3. The quantitative estimate of drug-likeness (QED) is 0.108. The molecule has 0 bridgehead atoms. The van der Waals surface area contributed by atoms with Gasteiger partial charge in [0.1, 0.15) is 17.1 Å². The molecule has 0 amide bonds. The van der Waals surface area contributed by atoms with E-state index in [0.29, 0.717) is 49.1 Å². The Kier molecular flexibility index (Phi) is 12.6. The van der Waals surface area contributed by atoms with E-state index in [1.807, 2.05) is 0 Å². The summed E-state index contributed by atoms with van der Waals surface area (Å²) in [5.41, 5.74) is 2.84. The average molecular weight is 637 g/mol. The zero-order valence-electron chi connectivity index (χ0n) is 28.1. The summed E-state index contributed by atoms with van der Waals surface area (Å²) >= 11 is 0. The number of carbonyl (C=O) groups is 1. The Morgan fingerprint density at radius 3 is 2.57 bits per heavy atom. The molecule has 1 saturated carbocycles. The molecule has 0 radical (unpaired) electrons. The molecule has 4 rings (SSSR count). The molecule has 254 valence electrons. The summed E-state index contributed by atoms with van der Waals surface area (Å²) in [6.07, 6.45) is 21.2. The molecule has 0 spiro atoms. The summed E-state index contributed by atoms with van der Waals surface area (Å²) in [5, 5.41) is 60.1. The summed E-state index contributed by atoms with van der Waals surface area (Å²) in [6, 6.07) is 1.60. The lowest BCUT2D eigenvalue weighted by molar-refractivity contribution is 0.0642. The Hall–Kier alpha value is -3.07. The number of hydrogen-bond acceptors (Lipinski definition) is 7. The molecular formula is C38H56N2O6. The third-order valence-electron chi connectivity index (χ3n) is 10.3. The van der Waals surface area contributed by atoms with Crippen LogP contribution in [0, 0.1) is 18.3 Å². The summed E-state index contributed by atoms with van der Waals surface area (Å²) in [4.78, 5) is 11.8. The number of phenols is 2. The number of allylic oxidation sites excluding steroid dienone is 7. The van der Waals surface area contributed by atoms with E-state index >= 15 is 0 Å². The number of aliphatic hydroxyl groups is 2. The largest absolute Gasteiger partial charge is 0.508 e. The second-order valence-corrected chi connectivity index (χ2v) is 14.3. The van der Waals surface area contributed by atoms with E-state index in [0.717, 1.165) is 43.9 Å². The molecule has 1 aromatic carbocycles. The number of hydrogen-bond donors (Lipinski definition) is 7. The van der Waals surface area contributed by atoms with Crippen molar-refractivity contribution in [3.8, 4) is 11.5 Å². The summed E-state index contributed by atoms with van der Waals surface area (Å²) in [6.45, 7) is 8.26. The number of benzene rings is 1. The number of nitrogens with one attached hydrogen (secondary N) is 2. The van der Waals surface area contributed by atoms with Crippen molar-refractivity contribution >= 4 is 5.97 Å². The molecule has 8 heteroatoms. The molecule has 2 unspecified atom stereocenters. The van der Waals surface area contributed by atoms with Gasteiger partial charge < -0.3 is 36.2 Å². The van der Waals surface area contributed by atoms with E-state index in [-0.39, 0.29) is 34.9 Å². The molecule has 2 fully saturated rings. The van der Waals surface area contributed by atoms with E-state index in [2.05, 4.69) is 67.9 Å². The van der Waals surface area contributed by atoms with Crippen LogP contribution in [0.3, 0.4) is 0 Å². The monoisotopic (exact) mass is 636 g/mol. The topological polar surface area (TPSA) is 142 Å². The van der Waals surface area contributed by atoms with Crippen LogP contribution in [0.15, 0.2) is 53.8 Å². The van der Waals surface area contributed by atoms with E-state index in [1.165, 1.54) is 18.4 Å². The first kappa shape index (κ1) is 35.8. The second kappa shape index (κ2) is 16.2. The predicted octanol–water partition coefficient (Wildman–Crippen LogP) is 6.57. The van der Waals surface area contributed by atoms with Crippen molar-refractivity contribution in [3.05, 3.63) is 70.5 Å². The van der Waals surface area contributed by atoms with Crippen molar-refractivity contribution in [1.82, 2.24) is 10.6 Å². The highest BCUT2D eigenvalue weighted by atomic mass is 16.4. The molecule has 1 aromatic rings. The van der Waals surface area contributed by atoms with Crippen LogP contribution in [-0.2, 0) is 6.42 Å². The maximum atomic E-state index is 11.8. The van der Waals surface area contributed by atoms with E-state index in [1.54, 1.807) is 6.92 Å². The molecule has 5 atom stereocenters. The predicted molar refractivity (Wildman–Crippen MR) is 183 cm³/mol. The first-order chi connectivity index (χ1) is 21.9. The minimum absolute atomic E-state index is 0.00787. The van der Waals surface area contributed by atoms with Gasteiger partial charge in [0.25, 0.3) is 0 Å². The second-order valence-electron chi connectivity index (χ2n) is 14.3. The fraction of sp³-hybridized carbons (Fsp3) is 0.605. The van der Waals surface area contributed by atoms with Crippen LogP contribution in [-0.4, -0.2) is 61.8 Å².